The number of aliphatic hydroxyl groups excluding tert-OH is 1. The molecule has 2 aromatic rings. The number of ether oxygens (including phenoxy) is 2. The minimum atomic E-state index is -0.924. The van der Waals surface area contributed by atoms with Gasteiger partial charge >= 0.3 is 6.03 Å². The highest BCUT2D eigenvalue weighted by Crippen LogP contribution is 2.29. The molecular formula is C23H32N2O4. The second-order valence-electron chi connectivity index (χ2n) is 8.07. The van der Waals surface area contributed by atoms with Gasteiger partial charge in [-0.3, -0.25) is 0 Å². The Labute approximate surface area is 173 Å². The molecule has 158 valence electrons. The van der Waals surface area contributed by atoms with Crippen molar-refractivity contribution < 1.29 is 19.4 Å². The summed E-state index contributed by atoms with van der Waals surface area (Å²) in [5.41, 5.74) is 2.90. The summed E-state index contributed by atoms with van der Waals surface area (Å²) in [4.78, 5) is 12.3. The number of carbonyl (C=O) groups is 1. The molecule has 0 heterocycles. The molecule has 0 aliphatic carbocycles. The summed E-state index contributed by atoms with van der Waals surface area (Å²) in [6.45, 7) is 8.47. The highest BCUT2D eigenvalue weighted by atomic mass is 16.5. The Kier molecular flexibility index (Phi) is 7.51. The second kappa shape index (κ2) is 9.65. The Morgan fingerprint density at radius 1 is 1.07 bits per heavy atom. The van der Waals surface area contributed by atoms with E-state index in [9.17, 15) is 9.90 Å². The third kappa shape index (κ3) is 6.12. The zero-order chi connectivity index (χ0) is 21.6. The lowest BCUT2D eigenvalue weighted by Gasteiger charge is -2.21. The van der Waals surface area contributed by atoms with Gasteiger partial charge in [-0.1, -0.05) is 45.0 Å². The largest absolute Gasteiger partial charge is 0.497 e. The Bertz CT molecular complexity index is 813. The molecule has 0 bridgehead atoms. The quantitative estimate of drug-likeness (QED) is 0.654. The smallest absolute Gasteiger partial charge is 0.315 e. The lowest BCUT2D eigenvalue weighted by Crippen LogP contribution is -2.39. The average Bonchev–Trinajstić information content (AvgIpc) is 2.70. The Balaban J connectivity index is 1.94. The Morgan fingerprint density at radius 3 is 2.28 bits per heavy atom. The van der Waals surface area contributed by atoms with Crippen LogP contribution < -0.4 is 20.1 Å². The van der Waals surface area contributed by atoms with Crippen molar-refractivity contribution in [2.75, 3.05) is 20.8 Å². The fourth-order valence-electron chi connectivity index (χ4n) is 3.00. The van der Waals surface area contributed by atoms with Gasteiger partial charge in [0.15, 0.2) is 0 Å². The lowest BCUT2D eigenvalue weighted by molar-refractivity contribution is 0.168. The zero-order valence-corrected chi connectivity index (χ0v) is 18.1. The van der Waals surface area contributed by atoms with Crippen LogP contribution in [0, 0.1) is 0 Å². The summed E-state index contributed by atoms with van der Waals surface area (Å²) in [5.74, 6) is 1.14. The molecule has 2 amide bonds. The SMILES string of the molecule is COc1ccc(OC)c(C(O)CNC(=O)NC(C)c2ccc(C(C)(C)C)cc2)c1. The minimum Gasteiger partial charge on any atom is -0.497 e. The monoisotopic (exact) mass is 400 g/mol. The molecule has 0 spiro atoms. The van der Waals surface area contributed by atoms with Crippen molar-refractivity contribution in [1.29, 1.82) is 0 Å². The topological polar surface area (TPSA) is 79.8 Å². The molecule has 2 atom stereocenters. The predicted octanol–water partition coefficient (Wildman–Crippen LogP) is 4.10. The molecule has 2 aromatic carbocycles. The van der Waals surface area contributed by atoms with E-state index in [0.717, 1.165) is 5.56 Å². The third-order valence-electron chi connectivity index (χ3n) is 4.88. The van der Waals surface area contributed by atoms with Crippen molar-refractivity contribution in [1.82, 2.24) is 10.6 Å². The molecule has 0 aliphatic heterocycles. The number of amides is 2. The number of aliphatic hydroxyl groups is 1. The summed E-state index contributed by atoms with van der Waals surface area (Å²) >= 11 is 0. The van der Waals surface area contributed by atoms with E-state index in [1.807, 2.05) is 19.1 Å². The number of methoxy groups -OCH3 is 2. The van der Waals surface area contributed by atoms with Crippen molar-refractivity contribution in [3.8, 4) is 11.5 Å². The van der Waals surface area contributed by atoms with Gasteiger partial charge in [-0.2, -0.15) is 0 Å². The van der Waals surface area contributed by atoms with Crippen LogP contribution in [0.1, 0.15) is 56.5 Å². The van der Waals surface area contributed by atoms with Gasteiger partial charge in [0.1, 0.15) is 17.6 Å². The lowest BCUT2D eigenvalue weighted by atomic mass is 9.86. The van der Waals surface area contributed by atoms with Crippen LogP contribution in [0.5, 0.6) is 11.5 Å². The second-order valence-corrected chi connectivity index (χ2v) is 8.07. The van der Waals surface area contributed by atoms with E-state index >= 15 is 0 Å². The van der Waals surface area contributed by atoms with Gasteiger partial charge in [-0.05, 0) is 41.7 Å². The molecule has 0 aliphatic rings. The number of hydrogen-bond donors (Lipinski definition) is 3. The van der Waals surface area contributed by atoms with Crippen molar-refractivity contribution in [3.05, 3.63) is 59.2 Å². The van der Waals surface area contributed by atoms with Crippen molar-refractivity contribution in [2.24, 2.45) is 0 Å². The van der Waals surface area contributed by atoms with Gasteiger partial charge in [0.25, 0.3) is 0 Å². The van der Waals surface area contributed by atoms with E-state index in [4.69, 9.17) is 9.47 Å². The van der Waals surface area contributed by atoms with Crippen LogP contribution in [-0.4, -0.2) is 31.9 Å². The first-order chi connectivity index (χ1) is 13.7. The van der Waals surface area contributed by atoms with Crippen LogP contribution in [0.15, 0.2) is 42.5 Å². The van der Waals surface area contributed by atoms with E-state index in [-0.39, 0.29) is 24.0 Å². The Morgan fingerprint density at radius 2 is 1.72 bits per heavy atom. The molecule has 0 radical (unpaired) electrons. The third-order valence-corrected chi connectivity index (χ3v) is 4.88. The van der Waals surface area contributed by atoms with E-state index in [0.29, 0.717) is 17.1 Å². The first-order valence-corrected chi connectivity index (χ1v) is 9.70. The molecule has 3 N–H and O–H groups in total. The number of carbonyl (C=O) groups excluding carboxylic acids is 1. The summed E-state index contributed by atoms with van der Waals surface area (Å²) in [5, 5.41) is 16.1. The number of urea groups is 1. The fourth-order valence-corrected chi connectivity index (χ4v) is 3.00. The predicted molar refractivity (Wildman–Crippen MR) is 115 cm³/mol. The van der Waals surface area contributed by atoms with Crippen molar-refractivity contribution in [2.45, 2.75) is 45.3 Å². The summed E-state index contributed by atoms with van der Waals surface area (Å²) in [6.07, 6.45) is -0.924. The molecule has 0 saturated carbocycles. The van der Waals surface area contributed by atoms with Crippen LogP contribution in [0.2, 0.25) is 0 Å². The Hall–Kier alpha value is -2.73. The maximum absolute atomic E-state index is 12.3. The van der Waals surface area contributed by atoms with E-state index in [1.54, 1.807) is 25.3 Å². The van der Waals surface area contributed by atoms with Gasteiger partial charge in [0, 0.05) is 12.1 Å². The molecule has 6 heteroatoms. The molecule has 29 heavy (non-hydrogen) atoms. The van der Waals surface area contributed by atoms with Crippen LogP contribution in [0.4, 0.5) is 4.79 Å². The number of benzene rings is 2. The number of nitrogens with one attached hydrogen (secondary N) is 2. The fraction of sp³-hybridized carbons (Fsp3) is 0.435. The minimum absolute atomic E-state index is 0.0467. The van der Waals surface area contributed by atoms with E-state index in [2.05, 4.69) is 43.5 Å². The molecule has 2 unspecified atom stereocenters. The molecule has 0 aromatic heterocycles. The highest BCUT2D eigenvalue weighted by molar-refractivity contribution is 5.74. The van der Waals surface area contributed by atoms with Crippen LogP contribution >= 0.6 is 0 Å². The van der Waals surface area contributed by atoms with Gasteiger partial charge in [0.2, 0.25) is 0 Å². The van der Waals surface area contributed by atoms with Crippen LogP contribution in [-0.2, 0) is 5.41 Å². The number of hydrogen-bond acceptors (Lipinski definition) is 4. The molecule has 0 saturated heterocycles. The molecule has 6 nitrogen and oxygen atoms in total. The van der Waals surface area contributed by atoms with Crippen LogP contribution in [0.25, 0.3) is 0 Å². The van der Waals surface area contributed by atoms with E-state index < -0.39 is 6.10 Å². The normalized spacial score (nSPS) is 13.3. The van der Waals surface area contributed by atoms with Crippen LogP contribution in [0.3, 0.4) is 0 Å². The van der Waals surface area contributed by atoms with Gasteiger partial charge in [0.05, 0.1) is 20.3 Å². The van der Waals surface area contributed by atoms with Gasteiger partial charge in [-0.15, -0.1) is 0 Å². The summed E-state index contributed by atoms with van der Waals surface area (Å²) < 4.78 is 10.5. The van der Waals surface area contributed by atoms with Gasteiger partial charge in [-0.25, -0.2) is 4.79 Å². The molecule has 0 fully saturated rings. The molecule has 2 rings (SSSR count). The standard InChI is InChI=1S/C23H32N2O4/c1-15(16-7-9-17(10-8-16)23(2,3)4)25-22(27)24-14-20(26)19-13-18(28-5)11-12-21(19)29-6/h7-13,15,20,26H,14H2,1-6H3,(H2,24,25,27). The van der Waals surface area contributed by atoms with Crippen molar-refractivity contribution >= 4 is 6.03 Å². The first kappa shape index (κ1) is 22.6. The highest BCUT2D eigenvalue weighted by Gasteiger charge is 2.17. The zero-order valence-electron chi connectivity index (χ0n) is 18.1. The van der Waals surface area contributed by atoms with Crippen molar-refractivity contribution in [3.63, 3.8) is 0 Å². The van der Waals surface area contributed by atoms with E-state index in [1.165, 1.54) is 12.7 Å². The summed E-state index contributed by atoms with van der Waals surface area (Å²) in [6, 6.07) is 12.9. The number of rotatable bonds is 7. The molecular weight excluding hydrogens is 368 g/mol. The first-order valence-electron chi connectivity index (χ1n) is 9.70. The average molecular weight is 401 g/mol. The maximum atomic E-state index is 12.3. The maximum Gasteiger partial charge on any atom is 0.315 e. The summed E-state index contributed by atoms with van der Waals surface area (Å²) in [7, 11) is 3.09. The van der Waals surface area contributed by atoms with Gasteiger partial charge < -0.3 is 25.2 Å².